The molecular weight excluding hydrogens is 600 g/mol. The molecule has 0 radical (unpaired) electrons. The van der Waals surface area contributed by atoms with Gasteiger partial charge in [-0.1, -0.05) is 51.4 Å². The van der Waals surface area contributed by atoms with Gasteiger partial charge >= 0.3 is 0 Å². The summed E-state index contributed by atoms with van der Waals surface area (Å²) in [5.74, 6) is 1.09. The molecule has 0 spiro atoms. The summed E-state index contributed by atoms with van der Waals surface area (Å²) >= 11 is 10.6. The number of aromatic nitrogens is 2. The zero-order valence-corrected chi connectivity index (χ0v) is 23.4. The number of ether oxygens (including phenoxy) is 1. The Bertz CT molecular complexity index is 1710. The van der Waals surface area contributed by atoms with Gasteiger partial charge in [0, 0.05) is 9.50 Å². The topological polar surface area (TPSA) is 85.6 Å². The molecule has 0 fully saturated rings. The predicted molar refractivity (Wildman–Crippen MR) is 159 cm³/mol. The quantitative estimate of drug-likeness (QED) is 0.0890. The van der Waals surface area contributed by atoms with Crippen LogP contribution in [0.2, 0.25) is 5.02 Å². The molecule has 1 heterocycles. The molecule has 39 heavy (non-hydrogen) atoms. The lowest BCUT2D eigenvalue weighted by atomic mass is 10.2. The number of rotatable bonds is 8. The molecule has 7 nitrogen and oxygen atoms in total. The fourth-order valence-electron chi connectivity index (χ4n) is 3.63. The van der Waals surface area contributed by atoms with Crippen molar-refractivity contribution in [3.05, 3.63) is 122 Å². The Balaban J connectivity index is 1.24. The summed E-state index contributed by atoms with van der Waals surface area (Å²) in [6.45, 7) is 0. The van der Waals surface area contributed by atoms with Crippen LogP contribution in [0.5, 0.6) is 11.5 Å². The number of nitrogens with zero attached hydrogens (tertiary/aromatic N) is 3. The zero-order chi connectivity index (χ0) is 27.2. The number of hydrogen-bond acceptors (Lipinski definition) is 6. The number of thioether (sulfide) groups is 1. The number of carbonyl (C=O) groups excluding carboxylic acids is 1. The minimum atomic E-state index is -0.337. The summed E-state index contributed by atoms with van der Waals surface area (Å²) in [6, 6.07) is 28.9. The maximum atomic E-state index is 13.3. The van der Waals surface area contributed by atoms with E-state index >= 15 is 0 Å². The molecule has 0 aliphatic carbocycles. The number of halogens is 2. The summed E-state index contributed by atoms with van der Waals surface area (Å²) in [4.78, 5) is 30.5. The lowest BCUT2D eigenvalue weighted by Gasteiger charge is -2.13. The number of para-hydroxylation sites is 1. The minimum absolute atomic E-state index is 0.00960. The van der Waals surface area contributed by atoms with Gasteiger partial charge in [-0.15, -0.1) is 0 Å². The Morgan fingerprint density at radius 1 is 0.974 bits per heavy atom. The van der Waals surface area contributed by atoms with E-state index in [0.717, 1.165) is 27.5 Å². The summed E-state index contributed by atoms with van der Waals surface area (Å²) in [7, 11) is 0. The van der Waals surface area contributed by atoms with E-state index in [-0.39, 0.29) is 17.2 Å². The van der Waals surface area contributed by atoms with E-state index in [9.17, 15) is 9.59 Å². The van der Waals surface area contributed by atoms with E-state index in [1.165, 1.54) is 4.57 Å². The van der Waals surface area contributed by atoms with Crippen LogP contribution in [0.4, 0.5) is 0 Å². The van der Waals surface area contributed by atoms with Gasteiger partial charge in [0.2, 0.25) is 0 Å². The standard InChI is InChI=1S/C29H20BrClN4O3S/c30-20-7-15-24(16-8-20)38-23-13-5-19(6-14-23)17-32-34-27(36)18-39-29-33-26-4-2-1-3-25(26)28(37)35(29)22-11-9-21(31)10-12-22/h1-17H,18H2,(H,34,36)/b32-17+. The first kappa shape index (κ1) is 26.7. The van der Waals surface area contributed by atoms with Crippen molar-refractivity contribution < 1.29 is 9.53 Å². The smallest absolute Gasteiger partial charge is 0.266 e. The average molecular weight is 620 g/mol. The van der Waals surface area contributed by atoms with Crippen LogP contribution in [0.3, 0.4) is 0 Å². The maximum Gasteiger partial charge on any atom is 0.266 e. The highest BCUT2D eigenvalue weighted by Crippen LogP contribution is 2.24. The molecule has 5 aromatic rings. The fraction of sp³-hybridized carbons (Fsp3) is 0.0345. The summed E-state index contributed by atoms with van der Waals surface area (Å²) in [5, 5.41) is 5.48. The van der Waals surface area contributed by atoms with Gasteiger partial charge in [-0.25, -0.2) is 10.4 Å². The highest BCUT2D eigenvalue weighted by Gasteiger charge is 2.14. The van der Waals surface area contributed by atoms with E-state index in [4.69, 9.17) is 16.3 Å². The van der Waals surface area contributed by atoms with Crippen LogP contribution in [-0.4, -0.2) is 27.4 Å². The van der Waals surface area contributed by atoms with Crippen molar-refractivity contribution in [1.82, 2.24) is 15.0 Å². The van der Waals surface area contributed by atoms with Gasteiger partial charge in [-0.05, 0) is 90.5 Å². The van der Waals surface area contributed by atoms with Crippen LogP contribution in [0.15, 0.2) is 117 Å². The van der Waals surface area contributed by atoms with E-state index in [1.54, 1.807) is 48.7 Å². The summed E-state index contributed by atoms with van der Waals surface area (Å²) in [6.07, 6.45) is 1.55. The Morgan fingerprint density at radius 3 is 2.36 bits per heavy atom. The second-order valence-corrected chi connectivity index (χ2v) is 10.5. The van der Waals surface area contributed by atoms with Gasteiger partial charge in [0.25, 0.3) is 11.5 Å². The molecule has 0 atom stereocenters. The summed E-state index contributed by atoms with van der Waals surface area (Å²) in [5.41, 5.74) is 4.25. The van der Waals surface area contributed by atoms with Crippen LogP contribution in [0, 0.1) is 0 Å². The molecule has 4 aromatic carbocycles. The Morgan fingerprint density at radius 2 is 1.64 bits per heavy atom. The second kappa shape index (κ2) is 12.3. The third kappa shape index (κ3) is 6.75. The summed E-state index contributed by atoms with van der Waals surface area (Å²) < 4.78 is 8.27. The van der Waals surface area contributed by atoms with E-state index < -0.39 is 0 Å². The number of hydrogen-bond donors (Lipinski definition) is 1. The van der Waals surface area contributed by atoms with Crippen LogP contribution in [0.25, 0.3) is 16.6 Å². The maximum absolute atomic E-state index is 13.3. The molecule has 0 saturated heterocycles. The average Bonchev–Trinajstić information content (AvgIpc) is 2.95. The third-order valence-corrected chi connectivity index (χ3v) is 7.21. The van der Waals surface area contributed by atoms with Gasteiger partial charge in [0.15, 0.2) is 5.16 Å². The third-order valence-electron chi connectivity index (χ3n) is 5.49. The molecule has 1 aromatic heterocycles. The number of benzene rings is 4. The van der Waals surface area contributed by atoms with Crippen molar-refractivity contribution in [3.8, 4) is 17.2 Å². The zero-order valence-electron chi connectivity index (χ0n) is 20.3. The van der Waals surface area contributed by atoms with Gasteiger partial charge in [0.05, 0.1) is 28.6 Å². The van der Waals surface area contributed by atoms with Gasteiger partial charge in [-0.2, -0.15) is 5.10 Å². The van der Waals surface area contributed by atoms with Gasteiger partial charge in [-0.3, -0.25) is 14.2 Å². The molecule has 0 saturated carbocycles. The van der Waals surface area contributed by atoms with E-state index in [1.807, 2.05) is 54.6 Å². The first-order chi connectivity index (χ1) is 19.0. The Kier molecular flexibility index (Phi) is 8.41. The van der Waals surface area contributed by atoms with E-state index in [2.05, 4.69) is 31.4 Å². The Labute approximate surface area is 241 Å². The molecule has 0 aliphatic heterocycles. The van der Waals surface area contributed by atoms with E-state index in [0.29, 0.717) is 32.5 Å². The van der Waals surface area contributed by atoms with Crippen molar-refractivity contribution in [3.63, 3.8) is 0 Å². The molecule has 0 bridgehead atoms. The molecule has 0 unspecified atom stereocenters. The molecule has 0 aliphatic rings. The number of carbonyl (C=O) groups is 1. The largest absolute Gasteiger partial charge is 0.457 e. The van der Waals surface area contributed by atoms with Crippen LogP contribution < -0.4 is 15.7 Å². The fourth-order valence-corrected chi connectivity index (χ4v) is 4.82. The molecule has 5 rings (SSSR count). The SMILES string of the molecule is O=C(CSc1nc2ccccc2c(=O)n1-c1ccc(Cl)cc1)N/N=C/c1ccc(Oc2ccc(Br)cc2)cc1. The lowest BCUT2D eigenvalue weighted by molar-refractivity contribution is -0.118. The number of fused-ring (bicyclic) bond motifs is 1. The van der Waals surface area contributed by atoms with Crippen LogP contribution >= 0.6 is 39.3 Å². The first-order valence-corrected chi connectivity index (χ1v) is 13.9. The molecule has 194 valence electrons. The van der Waals surface area contributed by atoms with Crippen molar-refractivity contribution in [2.45, 2.75) is 5.16 Å². The van der Waals surface area contributed by atoms with Gasteiger partial charge in [0.1, 0.15) is 11.5 Å². The predicted octanol–water partition coefficient (Wildman–Crippen LogP) is 6.84. The van der Waals surface area contributed by atoms with Crippen molar-refractivity contribution in [1.29, 1.82) is 0 Å². The second-order valence-electron chi connectivity index (χ2n) is 8.24. The number of nitrogens with one attached hydrogen (secondary N) is 1. The molecular formula is C29H20BrClN4O3S. The molecule has 10 heteroatoms. The Hall–Kier alpha value is -3.92. The highest BCUT2D eigenvalue weighted by atomic mass is 79.9. The van der Waals surface area contributed by atoms with Crippen molar-refractivity contribution >= 4 is 62.3 Å². The molecule has 1 amide bonds. The number of amides is 1. The number of hydrazone groups is 1. The molecule has 1 N–H and O–H groups in total. The van der Waals surface area contributed by atoms with Crippen LogP contribution in [-0.2, 0) is 4.79 Å². The van der Waals surface area contributed by atoms with Gasteiger partial charge < -0.3 is 4.74 Å². The van der Waals surface area contributed by atoms with Crippen LogP contribution in [0.1, 0.15) is 5.56 Å². The van der Waals surface area contributed by atoms with Crippen molar-refractivity contribution in [2.75, 3.05) is 5.75 Å². The first-order valence-electron chi connectivity index (χ1n) is 11.7. The van der Waals surface area contributed by atoms with Crippen molar-refractivity contribution in [2.24, 2.45) is 5.10 Å². The normalized spacial score (nSPS) is 11.1. The minimum Gasteiger partial charge on any atom is -0.457 e. The monoisotopic (exact) mass is 618 g/mol. The lowest BCUT2D eigenvalue weighted by Crippen LogP contribution is -2.24. The highest BCUT2D eigenvalue weighted by molar-refractivity contribution is 9.10.